The molecule has 4 heterocycles. The summed E-state index contributed by atoms with van der Waals surface area (Å²) in [6.07, 6.45) is 3.91. The molecule has 1 amide bonds. The summed E-state index contributed by atoms with van der Waals surface area (Å²) >= 11 is 0. The number of nitrogens with zero attached hydrogens (tertiary/aromatic N) is 5. The van der Waals surface area contributed by atoms with Crippen molar-refractivity contribution in [3.05, 3.63) is 76.3 Å². The molecule has 2 atom stereocenters. The number of aromatic nitrogens is 4. The van der Waals surface area contributed by atoms with Gasteiger partial charge in [-0.15, -0.1) is 0 Å². The molecule has 6 rings (SSSR count). The van der Waals surface area contributed by atoms with Crippen LogP contribution >= 0.6 is 0 Å². The van der Waals surface area contributed by atoms with Gasteiger partial charge >= 0.3 is 0 Å². The second kappa shape index (κ2) is 9.64. The molecule has 2 aromatic carbocycles. The number of ether oxygens (including phenoxy) is 1. The number of amides is 1. The van der Waals surface area contributed by atoms with E-state index in [4.69, 9.17) is 9.84 Å². The molecule has 0 spiro atoms. The largest absolute Gasteiger partial charge is 0.379 e. The molecule has 0 radical (unpaired) electrons. The van der Waals surface area contributed by atoms with Crippen molar-refractivity contribution in [2.24, 2.45) is 5.92 Å². The molecule has 0 saturated carbocycles. The van der Waals surface area contributed by atoms with Crippen molar-refractivity contribution in [1.82, 2.24) is 19.6 Å². The van der Waals surface area contributed by atoms with E-state index in [1.54, 1.807) is 6.07 Å². The number of nitrogens with one attached hydrogen (secondary N) is 1. The minimum atomic E-state index is -0.960. The van der Waals surface area contributed by atoms with E-state index in [0.29, 0.717) is 29.5 Å². The standard InChI is InChI=1S/C27H26F2N6O3/c1-16-9-11-33(13-16)25-18-14-34(17-10-12-38-15-17)31-21(18)5-6-22(25)30-27(37)23-7-8-24(36)35(32-23)26-19(28)3-2-4-20(26)29/h2-8,14,16-17H,9-13,15H2,1H3,(H,30,37)/t16-,17-/m1/s1. The molecule has 0 bridgehead atoms. The average molecular weight is 521 g/mol. The summed E-state index contributed by atoms with van der Waals surface area (Å²) in [6.45, 7) is 5.15. The molecule has 2 saturated heterocycles. The Morgan fingerprint density at radius 2 is 1.87 bits per heavy atom. The molecular formula is C27H26F2N6O3. The molecule has 2 aliphatic rings. The van der Waals surface area contributed by atoms with Crippen molar-refractivity contribution in [3.8, 4) is 5.69 Å². The quantitative estimate of drug-likeness (QED) is 0.429. The average Bonchev–Trinajstić information content (AvgIpc) is 3.65. The van der Waals surface area contributed by atoms with Crippen LogP contribution in [0.15, 0.2) is 53.5 Å². The zero-order valence-corrected chi connectivity index (χ0v) is 20.7. The molecule has 2 fully saturated rings. The third-order valence-corrected chi connectivity index (χ3v) is 7.13. The van der Waals surface area contributed by atoms with E-state index in [2.05, 4.69) is 22.2 Å². The lowest BCUT2D eigenvalue weighted by atomic mass is 10.1. The minimum Gasteiger partial charge on any atom is -0.379 e. The fourth-order valence-electron chi connectivity index (χ4n) is 5.17. The Kier molecular flexibility index (Phi) is 6.15. The van der Waals surface area contributed by atoms with Gasteiger partial charge < -0.3 is 15.0 Å². The number of anilines is 2. The van der Waals surface area contributed by atoms with Crippen molar-refractivity contribution in [2.45, 2.75) is 25.8 Å². The predicted octanol–water partition coefficient (Wildman–Crippen LogP) is 3.92. The van der Waals surface area contributed by atoms with Gasteiger partial charge in [0.2, 0.25) is 0 Å². The number of benzene rings is 2. The Morgan fingerprint density at radius 3 is 2.58 bits per heavy atom. The van der Waals surface area contributed by atoms with Crippen molar-refractivity contribution < 1.29 is 18.3 Å². The van der Waals surface area contributed by atoms with Crippen molar-refractivity contribution >= 4 is 28.2 Å². The van der Waals surface area contributed by atoms with Crippen LogP contribution < -0.4 is 15.8 Å². The third-order valence-electron chi connectivity index (χ3n) is 7.13. The summed E-state index contributed by atoms with van der Waals surface area (Å²) in [6, 6.07) is 9.35. The molecule has 0 unspecified atom stereocenters. The highest BCUT2D eigenvalue weighted by Gasteiger charge is 2.27. The summed E-state index contributed by atoms with van der Waals surface area (Å²) in [4.78, 5) is 28.0. The van der Waals surface area contributed by atoms with Crippen LogP contribution in [0.25, 0.3) is 16.6 Å². The van der Waals surface area contributed by atoms with Crippen LogP contribution in [0, 0.1) is 17.6 Å². The molecule has 0 aliphatic carbocycles. The number of para-hydroxylation sites is 1. The summed E-state index contributed by atoms with van der Waals surface area (Å²) in [5, 5.41) is 12.6. The van der Waals surface area contributed by atoms with Crippen LogP contribution in [0.1, 0.15) is 36.3 Å². The number of hydrogen-bond acceptors (Lipinski definition) is 6. The second-order valence-corrected chi connectivity index (χ2v) is 9.85. The fraction of sp³-hybridized carbons (Fsp3) is 0.333. The zero-order valence-electron chi connectivity index (χ0n) is 20.7. The Morgan fingerprint density at radius 1 is 1.05 bits per heavy atom. The SMILES string of the molecule is C[C@@H]1CCN(c2c(NC(=O)c3ccc(=O)n(-c4c(F)cccc4F)n3)ccc3nn([C@@H]4CCOC4)cc23)C1. The molecular weight excluding hydrogens is 494 g/mol. The number of halogens is 2. The van der Waals surface area contributed by atoms with E-state index >= 15 is 0 Å². The van der Waals surface area contributed by atoms with Crippen LogP contribution in [0.5, 0.6) is 0 Å². The number of fused-ring (bicyclic) bond motifs is 1. The van der Waals surface area contributed by atoms with Gasteiger partial charge in [0.15, 0.2) is 11.6 Å². The van der Waals surface area contributed by atoms with Gasteiger partial charge in [0.05, 0.1) is 29.5 Å². The second-order valence-electron chi connectivity index (χ2n) is 9.85. The van der Waals surface area contributed by atoms with Gasteiger partial charge in [0, 0.05) is 37.3 Å². The number of carbonyl (C=O) groups excluding carboxylic acids is 1. The van der Waals surface area contributed by atoms with E-state index in [-0.39, 0.29) is 11.7 Å². The summed E-state index contributed by atoms with van der Waals surface area (Å²) in [7, 11) is 0. The first-order valence-electron chi connectivity index (χ1n) is 12.6. The first-order valence-corrected chi connectivity index (χ1v) is 12.6. The van der Waals surface area contributed by atoms with Crippen LogP contribution in [-0.4, -0.2) is 51.8 Å². The van der Waals surface area contributed by atoms with Gasteiger partial charge in [0.25, 0.3) is 11.5 Å². The van der Waals surface area contributed by atoms with Gasteiger partial charge in [-0.1, -0.05) is 13.0 Å². The number of rotatable bonds is 5. The van der Waals surface area contributed by atoms with Gasteiger partial charge in [0.1, 0.15) is 11.4 Å². The lowest BCUT2D eigenvalue weighted by Crippen LogP contribution is -2.27. The van der Waals surface area contributed by atoms with Gasteiger partial charge in [-0.25, -0.2) is 8.78 Å². The van der Waals surface area contributed by atoms with Crippen molar-refractivity contribution in [2.75, 3.05) is 36.5 Å². The molecule has 1 N–H and O–H groups in total. The molecule has 2 aromatic heterocycles. The van der Waals surface area contributed by atoms with Crippen LogP contribution in [0.2, 0.25) is 0 Å². The summed E-state index contributed by atoms with van der Waals surface area (Å²) < 4.78 is 36.7. The maximum absolute atomic E-state index is 14.4. The monoisotopic (exact) mass is 520 g/mol. The predicted molar refractivity (Wildman–Crippen MR) is 138 cm³/mol. The molecule has 38 heavy (non-hydrogen) atoms. The first kappa shape index (κ1) is 24.2. The Bertz CT molecular complexity index is 1570. The smallest absolute Gasteiger partial charge is 0.276 e. The van der Waals surface area contributed by atoms with Crippen LogP contribution in [0.3, 0.4) is 0 Å². The van der Waals surface area contributed by atoms with E-state index in [9.17, 15) is 18.4 Å². The van der Waals surface area contributed by atoms with Crippen molar-refractivity contribution in [1.29, 1.82) is 0 Å². The highest BCUT2D eigenvalue weighted by Crippen LogP contribution is 2.38. The Labute approximate surface area is 216 Å². The number of carbonyl (C=O) groups is 1. The zero-order chi connectivity index (χ0) is 26.4. The highest BCUT2D eigenvalue weighted by atomic mass is 19.1. The Balaban J connectivity index is 1.38. The van der Waals surface area contributed by atoms with E-state index in [1.165, 1.54) is 12.1 Å². The maximum Gasteiger partial charge on any atom is 0.276 e. The molecule has 196 valence electrons. The molecule has 9 nitrogen and oxygen atoms in total. The highest BCUT2D eigenvalue weighted by molar-refractivity contribution is 6.08. The minimum absolute atomic E-state index is 0.160. The van der Waals surface area contributed by atoms with E-state index in [1.807, 2.05) is 16.9 Å². The molecule has 4 aromatic rings. The topological polar surface area (TPSA) is 94.3 Å². The first-order chi connectivity index (χ1) is 18.4. The van der Waals surface area contributed by atoms with E-state index in [0.717, 1.165) is 60.7 Å². The normalized spacial score (nSPS) is 19.4. The molecule has 2 aliphatic heterocycles. The maximum atomic E-state index is 14.4. The van der Waals surface area contributed by atoms with E-state index < -0.39 is 28.8 Å². The van der Waals surface area contributed by atoms with Crippen LogP contribution in [0.4, 0.5) is 20.2 Å². The van der Waals surface area contributed by atoms with Gasteiger partial charge in [-0.05, 0) is 49.1 Å². The fourth-order valence-corrected chi connectivity index (χ4v) is 5.17. The lowest BCUT2D eigenvalue weighted by Gasteiger charge is -2.23. The third kappa shape index (κ3) is 4.32. The van der Waals surface area contributed by atoms with Crippen LogP contribution in [-0.2, 0) is 4.74 Å². The summed E-state index contributed by atoms with van der Waals surface area (Å²) in [5.74, 6) is -2.04. The lowest BCUT2D eigenvalue weighted by molar-refractivity contribution is 0.102. The molecule has 11 heteroatoms. The van der Waals surface area contributed by atoms with Crippen molar-refractivity contribution in [3.63, 3.8) is 0 Å². The Hall–Kier alpha value is -4.12. The van der Waals surface area contributed by atoms with Gasteiger partial charge in [-0.2, -0.15) is 14.9 Å². The number of hydrogen-bond donors (Lipinski definition) is 1. The summed E-state index contributed by atoms with van der Waals surface area (Å²) in [5.41, 5.74) is 0.679. The van der Waals surface area contributed by atoms with Gasteiger partial charge in [-0.3, -0.25) is 14.3 Å².